The average molecular weight is 418 g/mol. The first-order chi connectivity index (χ1) is 12.1. The van der Waals surface area contributed by atoms with Crippen LogP contribution in [0.4, 0.5) is 6.01 Å². The number of nitrogens with one attached hydrogen (secondary N) is 1. The molecular weight excluding hydrogens is 398 g/mol. The van der Waals surface area contributed by atoms with Crippen molar-refractivity contribution in [2.24, 2.45) is 0 Å². The Balaban J connectivity index is 2.37. The highest BCUT2D eigenvalue weighted by atomic mass is 35.5. The van der Waals surface area contributed by atoms with Crippen LogP contribution in [-0.2, 0) is 9.84 Å². The Hall–Kier alpha value is -1.58. The van der Waals surface area contributed by atoms with Crippen molar-refractivity contribution < 1.29 is 17.6 Å². The van der Waals surface area contributed by atoms with Crippen molar-refractivity contribution in [3.8, 4) is 0 Å². The predicted molar refractivity (Wildman–Crippen MR) is 102 cm³/mol. The smallest absolute Gasteiger partial charge is 0.322 e. The van der Waals surface area contributed by atoms with Gasteiger partial charge in [0.25, 0.3) is 5.91 Å². The second-order valence-electron chi connectivity index (χ2n) is 5.93. The fraction of sp³-hybridized carbons (Fsp3) is 0.438. The first-order valence-electron chi connectivity index (χ1n) is 7.95. The number of halogens is 1. The first-order valence-corrected chi connectivity index (χ1v) is 11.2. The lowest BCUT2D eigenvalue weighted by molar-refractivity contribution is 0.102. The quantitative estimate of drug-likeness (QED) is 0.679. The standard InChI is InChI=1S/C16H20ClN3O4S2/c1-5-8-25-13-11(26(4,22)23)7-6-10(12(13)17)14(21)18-16-20-19-15(24-16)9(2)3/h6-7,9H,5,8H2,1-4H3,(H,18,20,21). The number of nitrogens with zero attached hydrogens (tertiary/aromatic N) is 2. The molecule has 7 nitrogen and oxygen atoms in total. The minimum atomic E-state index is -3.47. The van der Waals surface area contributed by atoms with Crippen molar-refractivity contribution in [3.05, 3.63) is 28.6 Å². The minimum absolute atomic E-state index is 0.0304. The molecule has 1 amide bonds. The summed E-state index contributed by atoms with van der Waals surface area (Å²) < 4.78 is 29.4. The first kappa shape index (κ1) is 20.7. The third kappa shape index (κ3) is 4.77. The molecule has 0 saturated carbocycles. The number of sulfone groups is 1. The van der Waals surface area contributed by atoms with Crippen LogP contribution in [-0.4, -0.2) is 36.5 Å². The number of aromatic nitrogens is 2. The second kappa shape index (κ2) is 8.41. The fourth-order valence-corrected chi connectivity index (χ4v) is 4.74. The molecule has 0 atom stereocenters. The van der Waals surface area contributed by atoms with Crippen LogP contribution < -0.4 is 5.32 Å². The lowest BCUT2D eigenvalue weighted by Crippen LogP contribution is -2.14. The largest absolute Gasteiger partial charge is 0.408 e. The van der Waals surface area contributed by atoms with E-state index in [1.165, 1.54) is 23.9 Å². The second-order valence-corrected chi connectivity index (χ2v) is 9.40. The van der Waals surface area contributed by atoms with Crippen molar-refractivity contribution in [2.75, 3.05) is 17.3 Å². The van der Waals surface area contributed by atoms with Gasteiger partial charge in [0.1, 0.15) is 0 Å². The molecule has 0 bridgehead atoms. The van der Waals surface area contributed by atoms with Crippen LogP contribution in [0.15, 0.2) is 26.3 Å². The molecule has 0 radical (unpaired) electrons. The van der Waals surface area contributed by atoms with Crippen LogP contribution in [0.1, 0.15) is 49.4 Å². The van der Waals surface area contributed by atoms with E-state index in [4.69, 9.17) is 16.0 Å². The van der Waals surface area contributed by atoms with Gasteiger partial charge in [-0.05, 0) is 24.3 Å². The molecule has 1 aromatic carbocycles. The van der Waals surface area contributed by atoms with E-state index in [9.17, 15) is 13.2 Å². The number of rotatable bonds is 7. The summed E-state index contributed by atoms with van der Waals surface area (Å²) in [4.78, 5) is 13.0. The Kier molecular flexibility index (Phi) is 6.70. The van der Waals surface area contributed by atoms with Gasteiger partial charge in [0.15, 0.2) is 9.84 Å². The van der Waals surface area contributed by atoms with Crippen LogP contribution in [0.3, 0.4) is 0 Å². The molecule has 0 spiro atoms. The van der Waals surface area contributed by atoms with Gasteiger partial charge in [-0.3, -0.25) is 10.1 Å². The lowest BCUT2D eigenvalue weighted by atomic mass is 10.2. The van der Waals surface area contributed by atoms with Gasteiger partial charge in [-0.1, -0.05) is 37.5 Å². The van der Waals surface area contributed by atoms with Crippen molar-refractivity contribution in [2.45, 2.75) is 42.9 Å². The van der Waals surface area contributed by atoms with E-state index in [2.05, 4.69) is 15.5 Å². The molecule has 0 fully saturated rings. The van der Waals surface area contributed by atoms with Crippen LogP contribution in [0.25, 0.3) is 0 Å². The van der Waals surface area contributed by atoms with Gasteiger partial charge in [-0.15, -0.1) is 16.9 Å². The van der Waals surface area contributed by atoms with E-state index in [0.717, 1.165) is 12.7 Å². The molecule has 2 aromatic rings. The van der Waals surface area contributed by atoms with Crippen LogP contribution in [0, 0.1) is 0 Å². The zero-order valence-corrected chi connectivity index (χ0v) is 17.3. The molecule has 1 N–H and O–H groups in total. The van der Waals surface area contributed by atoms with Gasteiger partial charge < -0.3 is 4.42 Å². The van der Waals surface area contributed by atoms with Gasteiger partial charge in [0.2, 0.25) is 5.89 Å². The Morgan fingerprint density at radius 3 is 2.58 bits per heavy atom. The molecular formula is C16H20ClN3O4S2. The third-order valence-electron chi connectivity index (χ3n) is 3.31. The number of hydrogen-bond donors (Lipinski definition) is 1. The summed E-state index contributed by atoms with van der Waals surface area (Å²) in [5, 5.41) is 10.2. The average Bonchev–Trinajstić information content (AvgIpc) is 3.01. The van der Waals surface area contributed by atoms with E-state index in [-0.39, 0.29) is 27.4 Å². The summed E-state index contributed by atoms with van der Waals surface area (Å²) in [5.41, 5.74) is 0.141. The van der Waals surface area contributed by atoms with Gasteiger partial charge in [0.05, 0.1) is 15.5 Å². The normalized spacial score (nSPS) is 11.8. The van der Waals surface area contributed by atoms with Crippen molar-refractivity contribution in [1.29, 1.82) is 0 Å². The van der Waals surface area contributed by atoms with Crippen LogP contribution >= 0.6 is 23.4 Å². The third-order valence-corrected chi connectivity index (χ3v) is 6.41. The maximum atomic E-state index is 12.5. The number of carbonyl (C=O) groups excluding carboxylic acids is 1. The summed E-state index contributed by atoms with van der Waals surface area (Å²) in [5.74, 6) is 0.558. The highest BCUT2D eigenvalue weighted by Gasteiger charge is 2.23. The van der Waals surface area contributed by atoms with E-state index in [1.54, 1.807) is 0 Å². The topological polar surface area (TPSA) is 102 Å². The highest BCUT2D eigenvalue weighted by Crippen LogP contribution is 2.36. The summed E-state index contributed by atoms with van der Waals surface area (Å²) in [7, 11) is -3.47. The maximum Gasteiger partial charge on any atom is 0.322 e. The van der Waals surface area contributed by atoms with Crippen molar-refractivity contribution in [3.63, 3.8) is 0 Å². The summed E-state index contributed by atoms with van der Waals surface area (Å²) in [6.45, 7) is 5.74. The Morgan fingerprint density at radius 2 is 2.04 bits per heavy atom. The van der Waals surface area contributed by atoms with Crippen LogP contribution in [0.2, 0.25) is 5.02 Å². The van der Waals surface area contributed by atoms with Crippen molar-refractivity contribution >= 4 is 45.1 Å². The van der Waals surface area contributed by atoms with Crippen molar-refractivity contribution in [1.82, 2.24) is 10.2 Å². The zero-order chi connectivity index (χ0) is 19.5. The Bertz CT molecular complexity index is 910. The van der Waals surface area contributed by atoms with Crippen LogP contribution in [0.5, 0.6) is 0 Å². The van der Waals surface area contributed by atoms with Gasteiger partial charge >= 0.3 is 6.01 Å². The fourth-order valence-electron chi connectivity index (χ4n) is 2.03. The minimum Gasteiger partial charge on any atom is -0.408 e. The summed E-state index contributed by atoms with van der Waals surface area (Å²) >= 11 is 7.66. The van der Waals surface area contributed by atoms with E-state index in [0.29, 0.717) is 16.5 Å². The van der Waals surface area contributed by atoms with E-state index in [1.807, 2.05) is 20.8 Å². The number of thioether (sulfide) groups is 1. The Morgan fingerprint density at radius 1 is 1.35 bits per heavy atom. The van der Waals surface area contributed by atoms with Gasteiger partial charge in [0, 0.05) is 17.1 Å². The van der Waals surface area contributed by atoms with E-state index < -0.39 is 15.7 Å². The lowest BCUT2D eigenvalue weighted by Gasteiger charge is -2.12. The number of benzene rings is 1. The number of hydrogen-bond acceptors (Lipinski definition) is 7. The number of amides is 1. The SMILES string of the molecule is CCCSc1c(S(C)(=O)=O)ccc(C(=O)Nc2nnc(C(C)C)o2)c1Cl. The predicted octanol–water partition coefficient (Wildman–Crippen LogP) is 4.00. The maximum absolute atomic E-state index is 12.5. The highest BCUT2D eigenvalue weighted by molar-refractivity contribution is 8.00. The molecule has 1 heterocycles. The molecule has 0 saturated heterocycles. The summed E-state index contributed by atoms with van der Waals surface area (Å²) in [6, 6.07) is 2.73. The van der Waals surface area contributed by atoms with E-state index >= 15 is 0 Å². The molecule has 26 heavy (non-hydrogen) atoms. The molecule has 10 heteroatoms. The van der Waals surface area contributed by atoms with Gasteiger partial charge in [-0.2, -0.15) is 0 Å². The molecule has 0 aliphatic rings. The molecule has 142 valence electrons. The number of carbonyl (C=O) groups is 1. The zero-order valence-electron chi connectivity index (χ0n) is 14.9. The molecule has 0 aliphatic carbocycles. The number of anilines is 1. The molecule has 2 rings (SSSR count). The monoisotopic (exact) mass is 417 g/mol. The molecule has 0 unspecified atom stereocenters. The molecule has 0 aliphatic heterocycles. The Labute approximate surface area is 161 Å². The molecule has 1 aromatic heterocycles. The van der Waals surface area contributed by atoms with Gasteiger partial charge in [-0.25, -0.2) is 8.42 Å². The summed E-state index contributed by atoms with van der Waals surface area (Å²) in [6.07, 6.45) is 1.95.